The molecule has 0 radical (unpaired) electrons. The zero-order valence-corrected chi connectivity index (χ0v) is 16.2. The number of aromatic nitrogens is 1. The summed E-state index contributed by atoms with van der Waals surface area (Å²) in [5, 5.41) is 12.1. The van der Waals surface area contributed by atoms with E-state index in [2.05, 4.69) is 16.4 Å². The van der Waals surface area contributed by atoms with Crippen molar-refractivity contribution in [2.75, 3.05) is 26.2 Å². The van der Waals surface area contributed by atoms with Gasteiger partial charge in [-0.05, 0) is 36.6 Å². The average molecular weight is 395 g/mol. The first-order chi connectivity index (χ1) is 13.5. The number of aromatic amines is 1. The lowest BCUT2D eigenvalue weighted by Crippen LogP contribution is -2.53. The molecule has 1 saturated heterocycles. The van der Waals surface area contributed by atoms with Crippen molar-refractivity contribution >= 4 is 33.4 Å². The quantitative estimate of drug-likeness (QED) is 0.716. The van der Waals surface area contributed by atoms with Gasteiger partial charge in [0.05, 0.1) is 10.2 Å². The minimum Gasteiger partial charge on any atom is -0.380 e. The Kier molecular flexibility index (Phi) is 4.03. The van der Waals surface area contributed by atoms with Crippen molar-refractivity contribution in [2.24, 2.45) is 0 Å². The van der Waals surface area contributed by atoms with Crippen LogP contribution in [0.4, 0.5) is 0 Å². The highest BCUT2D eigenvalue weighted by molar-refractivity contribution is 7.17. The number of carbonyl (C=O) groups excluding carboxylic acids is 2. The summed E-state index contributed by atoms with van der Waals surface area (Å²) in [4.78, 5) is 31.8. The van der Waals surface area contributed by atoms with Crippen LogP contribution in [0.3, 0.4) is 0 Å². The summed E-state index contributed by atoms with van der Waals surface area (Å²) in [6, 6.07) is 9.77. The van der Waals surface area contributed by atoms with Crippen molar-refractivity contribution in [1.82, 2.24) is 14.8 Å². The summed E-state index contributed by atoms with van der Waals surface area (Å²) in [7, 11) is 0. The lowest BCUT2D eigenvalue weighted by molar-refractivity contribution is -0.143. The second-order valence-electron chi connectivity index (χ2n) is 7.56. The molecule has 2 amide bonds. The van der Waals surface area contributed by atoms with Crippen LogP contribution in [0.25, 0.3) is 21.3 Å². The summed E-state index contributed by atoms with van der Waals surface area (Å²) in [6.07, 6.45) is 3.04. The molecule has 2 fully saturated rings. The first-order valence-electron chi connectivity index (χ1n) is 9.51. The standard InChI is InChI=1S/C21H21N3O3S/c25-19(23-9-11-24(12-10-23)20(26)21(27)6-7-21)15-3-1-14(2-4-15)16-13-28-17-5-8-22-18(16)17/h1-5,8,13,22,27H,6-7,9-12H2. The molecule has 2 N–H and O–H groups in total. The van der Waals surface area contributed by atoms with Crippen molar-refractivity contribution in [3.63, 3.8) is 0 Å². The van der Waals surface area contributed by atoms with E-state index in [-0.39, 0.29) is 11.8 Å². The van der Waals surface area contributed by atoms with Crippen LogP contribution < -0.4 is 0 Å². The van der Waals surface area contributed by atoms with Crippen LogP contribution in [0, 0.1) is 0 Å². The number of carbonyl (C=O) groups is 2. The Morgan fingerprint density at radius 1 is 1.00 bits per heavy atom. The van der Waals surface area contributed by atoms with Gasteiger partial charge >= 0.3 is 0 Å². The minimum atomic E-state index is -1.13. The number of nitrogens with one attached hydrogen (secondary N) is 1. The molecular weight excluding hydrogens is 374 g/mol. The van der Waals surface area contributed by atoms with E-state index in [0.29, 0.717) is 44.6 Å². The first kappa shape index (κ1) is 17.5. The monoisotopic (exact) mass is 395 g/mol. The minimum absolute atomic E-state index is 0.0147. The first-order valence-corrected chi connectivity index (χ1v) is 10.4. The van der Waals surface area contributed by atoms with Crippen LogP contribution in [0.15, 0.2) is 41.9 Å². The molecule has 3 heterocycles. The van der Waals surface area contributed by atoms with Gasteiger partial charge in [0.25, 0.3) is 11.8 Å². The van der Waals surface area contributed by atoms with Crippen molar-refractivity contribution < 1.29 is 14.7 Å². The number of nitrogens with zero attached hydrogens (tertiary/aromatic N) is 2. The summed E-state index contributed by atoms with van der Waals surface area (Å²) in [6.45, 7) is 1.95. The maximum Gasteiger partial charge on any atom is 0.254 e. The Morgan fingerprint density at radius 3 is 2.36 bits per heavy atom. The van der Waals surface area contributed by atoms with Crippen LogP contribution in [0.2, 0.25) is 0 Å². The summed E-state index contributed by atoms with van der Waals surface area (Å²) in [5.41, 5.74) is 2.88. The Labute approximate surface area is 166 Å². The van der Waals surface area contributed by atoms with E-state index in [1.54, 1.807) is 21.1 Å². The van der Waals surface area contributed by atoms with Crippen LogP contribution in [0.1, 0.15) is 23.2 Å². The molecule has 2 aliphatic rings. The Hall–Kier alpha value is -2.64. The lowest BCUT2D eigenvalue weighted by atomic mass is 10.1. The van der Waals surface area contributed by atoms with Crippen LogP contribution in [-0.2, 0) is 4.79 Å². The van der Waals surface area contributed by atoms with Gasteiger partial charge < -0.3 is 19.9 Å². The van der Waals surface area contributed by atoms with Gasteiger partial charge in [0.15, 0.2) is 0 Å². The number of aliphatic hydroxyl groups is 1. The van der Waals surface area contributed by atoms with Crippen LogP contribution >= 0.6 is 11.3 Å². The van der Waals surface area contributed by atoms with Crippen molar-refractivity contribution in [3.8, 4) is 11.1 Å². The van der Waals surface area contributed by atoms with Gasteiger partial charge in [-0.25, -0.2) is 0 Å². The van der Waals surface area contributed by atoms with Crippen LogP contribution in [-0.4, -0.2) is 63.5 Å². The maximum atomic E-state index is 12.8. The predicted molar refractivity (Wildman–Crippen MR) is 108 cm³/mol. The molecule has 0 unspecified atom stereocenters. The summed E-state index contributed by atoms with van der Waals surface area (Å²) in [5.74, 6) is -0.200. The molecule has 28 heavy (non-hydrogen) atoms. The van der Waals surface area contributed by atoms with Gasteiger partial charge in [-0.1, -0.05) is 12.1 Å². The molecule has 1 aliphatic carbocycles. The molecule has 2 aromatic heterocycles. The molecule has 1 saturated carbocycles. The van der Waals surface area contributed by atoms with Gasteiger partial charge in [0.1, 0.15) is 5.60 Å². The molecule has 7 heteroatoms. The molecule has 5 rings (SSSR count). The number of thiophene rings is 1. The third-order valence-electron chi connectivity index (χ3n) is 5.70. The number of hydrogen-bond donors (Lipinski definition) is 2. The highest BCUT2D eigenvalue weighted by Gasteiger charge is 2.50. The van der Waals surface area contributed by atoms with E-state index >= 15 is 0 Å². The molecule has 0 spiro atoms. The van der Waals surface area contributed by atoms with Crippen molar-refractivity contribution in [1.29, 1.82) is 0 Å². The Morgan fingerprint density at radius 2 is 1.68 bits per heavy atom. The van der Waals surface area contributed by atoms with E-state index in [0.717, 1.165) is 16.6 Å². The van der Waals surface area contributed by atoms with Crippen molar-refractivity contribution in [3.05, 3.63) is 47.5 Å². The smallest absolute Gasteiger partial charge is 0.254 e. The van der Waals surface area contributed by atoms with Crippen molar-refractivity contribution in [2.45, 2.75) is 18.4 Å². The second kappa shape index (κ2) is 6.46. The van der Waals surface area contributed by atoms with Gasteiger partial charge in [-0.2, -0.15) is 0 Å². The number of fused-ring (bicyclic) bond motifs is 1. The van der Waals surface area contributed by atoms with Crippen LogP contribution in [0.5, 0.6) is 0 Å². The number of rotatable bonds is 3. The summed E-state index contributed by atoms with van der Waals surface area (Å²) >= 11 is 1.70. The number of benzene rings is 1. The van der Waals surface area contributed by atoms with Gasteiger partial charge in [0.2, 0.25) is 0 Å². The fraction of sp³-hybridized carbons (Fsp3) is 0.333. The molecular formula is C21H21N3O3S. The van der Waals surface area contributed by atoms with Gasteiger partial charge in [-0.3, -0.25) is 9.59 Å². The largest absolute Gasteiger partial charge is 0.380 e. The Bertz CT molecular complexity index is 1040. The van der Waals surface area contributed by atoms with E-state index < -0.39 is 5.60 Å². The summed E-state index contributed by atoms with van der Waals surface area (Å²) < 4.78 is 1.22. The molecule has 0 bridgehead atoms. The fourth-order valence-corrected chi connectivity index (χ4v) is 4.70. The highest BCUT2D eigenvalue weighted by atomic mass is 32.1. The third kappa shape index (κ3) is 2.91. The highest BCUT2D eigenvalue weighted by Crippen LogP contribution is 2.37. The number of H-pyrrole nitrogens is 1. The SMILES string of the molecule is O=C(c1ccc(-c2csc3cc[nH]c23)cc1)N1CCN(C(=O)C2(O)CC2)CC1. The number of hydrogen-bond acceptors (Lipinski definition) is 4. The van der Waals surface area contributed by atoms with Gasteiger partial charge in [0, 0.05) is 48.9 Å². The van der Waals surface area contributed by atoms with E-state index in [4.69, 9.17) is 0 Å². The third-order valence-corrected chi connectivity index (χ3v) is 6.65. The molecule has 3 aromatic rings. The lowest BCUT2D eigenvalue weighted by Gasteiger charge is -2.35. The topological polar surface area (TPSA) is 76.6 Å². The molecule has 6 nitrogen and oxygen atoms in total. The fourth-order valence-electron chi connectivity index (χ4n) is 3.77. The molecule has 1 aliphatic heterocycles. The maximum absolute atomic E-state index is 12.8. The Balaban J connectivity index is 1.26. The molecule has 1 aromatic carbocycles. The number of amides is 2. The predicted octanol–water partition coefficient (Wildman–Crippen LogP) is 2.71. The zero-order valence-electron chi connectivity index (χ0n) is 15.4. The van der Waals surface area contributed by atoms with E-state index in [9.17, 15) is 14.7 Å². The van der Waals surface area contributed by atoms with E-state index in [1.165, 1.54) is 4.70 Å². The normalized spacial score (nSPS) is 18.5. The van der Waals surface area contributed by atoms with E-state index in [1.807, 2.05) is 30.5 Å². The van der Waals surface area contributed by atoms with Gasteiger partial charge in [-0.15, -0.1) is 11.3 Å². The average Bonchev–Trinajstić information content (AvgIpc) is 3.14. The molecule has 144 valence electrons. The zero-order chi connectivity index (χ0) is 19.3. The second-order valence-corrected chi connectivity index (χ2v) is 8.47. The number of piperazine rings is 1. The molecule has 0 atom stereocenters.